The van der Waals surface area contributed by atoms with Crippen molar-refractivity contribution < 1.29 is 69.1 Å². The van der Waals surface area contributed by atoms with E-state index in [1.165, 1.54) is 36.8 Å². The van der Waals surface area contributed by atoms with Crippen molar-refractivity contribution in [1.29, 1.82) is 0 Å². The van der Waals surface area contributed by atoms with Crippen LogP contribution >= 0.6 is 0 Å². The van der Waals surface area contributed by atoms with Crippen molar-refractivity contribution in [3.05, 3.63) is 35.4 Å². The Balaban J connectivity index is -0.00000289. The predicted octanol–water partition coefficient (Wildman–Crippen LogP) is -11.6. The van der Waals surface area contributed by atoms with Gasteiger partial charge in [0.1, 0.15) is 0 Å². The van der Waals surface area contributed by atoms with Gasteiger partial charge in [-0.25, -0.2) is 0 Å². The van der Waals surface area contributed by atoms with Crippen molar-refractivity contribution in [2.45, 2.75) is 38.8 Å². The van der Waals surface area contributed by atoms with Crippen LogP contribution in [0, 0.1) is 0 Å². The van der Waals surface area contributed by atoms with Gasteiger partial charge in [-0.3, -0.25) is 9.80 Å². The summed E-state index contributed by atoms with van der Waals surface area (Å²) >= 11 is 0. The van der Waals surface area contributed by atoms with Gasteiger partial charge < -0.3 is 81.5 Å². The molecule has 3 rings (SSSR count). The van der Waals surface area contributed by atoms with E-state index in [2.05, 4.69) is 66.0 Å². The van der Waals surface area contributed by atoms with E-state index in [1.54, 1.807) is 0 Å². The Kier molecular flexibility index (Phi) is 36.1. The molecule has 0 aliphatic carbocycles. The van der Waals surface area contributed by atoms with Gasteiger partial charge in [-0.2, -0.15) is 0 Å². The van der Waals surface area contributed by atoms with Crippen LogP contribution in [0.25, 0.3) is 0 Å². The predicted molar refractivity (Wildman–Crippen MR) is 153 cm³/mol. The first-order valence-corrected chi connectivity index (χ1v) is 14.7. The van der Waals surface area contributed by atoms with E-state index in [9.17, 15) is 0 Å². The maximum absolute atomic E-state index is 3.63. The van der Waals surface area contributed by atoms with E-state index in [4.69, 9.17) is 0 Å². The third kappa shape index (κ3) is 23.7. The van der Waals surface area contributed by atoms with Gasteiger partial charge in [-0.1, -0.05) is 24.3 Å². The monoisotopic (exact) mass is 706 g/mol. The van der Waals surface area contributed by atoms with Gasteiger partial charge in [-0.05, 0) is 89.2 Å². The fourth-order valence-electron chi connectivity index (χ4n) is 4.92. The number of rotatable bonds is 4. The summed E-state index contributed by atoms with van der Waals surface area (Å²) in [6.07, 6.45) is 4.80. The summed E-state index contributed by atoms with van der Waals surface area (Å²) < 4.78 is 0. The minimum Gasteiger partial charge on any atom is -1.00 e. The SMILES string of the molecule is [Cl-].[Cl-].[Cl-].[Cl-].[Zn+2].c1cc(CN2CCCNCCNCCCNCC2)ccc1CN1CCCNCCNCCCNCC1. The Morgan fingerprint density at radius 1 is 0.390 bits per heavy atom. The molecular weight excluding hydrogens is 656 g/mol. The first-order valence-electron chi connectivity index (χ1n) is 14.7. The smallest absolute Gasteiger partial charge is 1.00 e. The van der Waals surface area contributed by atoms with Crippen molar-refractivity contribution in [3.8, 4) is 0 Å². The van der Waals surface area contributed by atoms with Gasteiger partial charge >= 0.3 is 19.5 Å². The normalized spacial score (nSPS) is 20.1. The van der Waals surface area contributed by atoms with Crippen molar-refractivity contribution >= 4 is 0 Å². The summed E-state index contributed by atoms with van der Waals surface area (Å²) in [5, 5.41) is 21.4. The summed E-state index contributed by atoms with van der Waals surface area (Å²) in [6, 6.07) is 9.42. The molecule has 0 amide bonds. The second-order valence-electron chi connectivity index (χ2n) is 10.3. The minimum atomic E-state index is 0. The molecule has 2 heterocycles. The zero-order chi connectivity index (χ0) is 24.9. The second-order valence-corrected chi connectivity index (χ2v) is 10.3. The molecular formula is C28H54Cl4N8Zn-2. The first-order chi connectivity index (χ1) is 17.9. The Morgan fingerprint density at radius 3 is 1.02 bits per heavy atom. The van der Waals surface area contributed by atoms with E-state index in [1.807, 2.05) is 0 Å². The largest absolute Gasteiger partial charge is 2.00 e. The molecule has 0 radical (unpaired) electrons. The number of halogens is 4. The Morgan fingerprint density at radius 2 is 0.683 bits per heavy atom. The molecule has 2 saturated heterocycles. The maximum Gasteiger partial charge on any atom is 2.00 e. The average molecular weight is 710 g/mol. The van der Waals surface area contributed by atoms with E-state index >= 15 is 0 Å². The molecule has 238 valence electrons. The number of nitrogens with zero attached hydrogens (tertiary/aromatic N) is 2. The van der Waals surface area contributed by atoms with Gasteiger partial charge in [0.15, 0.2) is 0 Å². The number of nitrogens with one attached hydrogen (secondary N) is 6. The van der Waals surface area contributed by atoms with Crippen LogP contribution < -0.4 is 81.5 Å². The Hall–Kier alpha value is 0.683. The van der Waals surface area contributed by atoms with Gasteiger partial charge in [0, 0.05) is 65.4 Å². The molecule has 0 atom stereocenters. The second kappa shape index (κ2) is 32.1. The molecule has 13 heteroatoms. The van der Waals surface area contributed by atoms with Crippen LogP contribution in [0.2, 0.25) is 0 Å². The van der Waals surface area contributed by atoms with Crippen LogP contribution in [-0.4, -0.2) is 115 Å². The third-order valence-electron chi connectivity index (χ3n) is 7.07. The molecule has 1 aromatic rings. The van der Waals surface area contributed by atoms with Gasteiger partial charge in [0.2, 0.25) is 0 Å². The number of hydrogen-bond acceptors (Lipinski definition) is 8. The van der Waals surface area contributed by atoms with Crippen molar-refractivity contribution in [1.82, 2.24) is 41.7 Å². The molecule has 2 fully saturated rings. The minimum absolute atomic E-state index is 0. The number of benzene rings is 1. The fraction of sp³-hybridized carbons (Fsp3) is 0.786. The molecule has 8 nitrogen and oxygen atoms in total. The van der Waals surface area contributed by atoms with Crippen molar-refractivity contribution in [2.24, 2.45) is 0 Å². The zero-order valence-electron chi connectivity index (χ0n) is 25.0. The number of hydrogen-bond donors (Lipinski definition) is 6. The molecule has 0 saturated carbocycles. The standard InChI is InChI=1S/C28H54N8.4ClH.Zn/c1-9-29-15-17-31-13-3-21-35(23-19-33-11-1)25-27-5-7-28(8-6-27)26-36-22-4-14-32-18-16-30-10-2-12-34-20-24-36;;;;;/h5-8,29-34H,1-4,9-26H2;4*1H;/q;;;;;+2/p-4. The summed E-state index contributed by atoms with van der Waals surface area (Å²) in [7, 11) is 0. The van der Waals surface area contributed by atoms with Crippen LogP contribution in [0.1, 0.15) is 36.8 Å². The van der Waals surface area contributed by atoms with Crippen molar-refractivity contribution in [2.75, 3.05) is 105 Å². The Labute approximate surface area is 288 Å². The van der Waals surface area contributed by atoms with Crippen LogP contribution in [0.4, 0.5) is 0 Å². The van der Waals surface area contributed by atoms with E-state index < -0.39 is 0 Å². The third-order valence-corrected chi connectivity index (χ3v) is 7.07. The molecule has 0 aromatic heterocycles. The maximum atomic E-state index is 3.63. The van der Waals surface area contributed by atoms with Gasteiger partial charge in [0.25, 0.3) is 0 Å². The van der Waals surface area contributed by atoms with Crippen LogP contribution in [-0.2, 0) is 32.6 Å². The quantitative estimate of drug-likeness (QED) is 0.173. The summed E-state index contributed by atoms with van der Waals surface area (Å²) in [5.74, 6) is 0. The molecule has 0 unspecified atom stereocenters. The van der Waals surface area contributed by atoms with E-state index in [-0.39, 0.29) is 69.1 Å². The fourth-order valence-corrected chi connectivity index (χ4v) is 4.92. The van der Waals surface area contributed by atoms with Gasteiger partial charge in [0.05, 0.1) is 0 Å². The molecule has 0 spiro atoms. The topological polar surface area (TPSA) is 78.7 Å². The van der Waals surface area contributed by atoms with Crippen LogP contribution in [0.5, 0.6) is 0 Å². The van der Waals surface area contributed by atoms with E-state index in [0.717, 1.165) is 118 Å². The Bertz CT molecular complexity index is 583. The summed E-state index contributed by atoms with van der Waals surface area (Å²) in [4.78, 5) is 5.23. The van der Waals surface area contributed by atoms with Crippen LogP contribution in [0.3, 0.4) is 0 Å². The average Bonchev–Trinajstić information content (AvgIpc) is 2.89. The van der Waals surface area contributed by atoms with E-state index in [0.29, 0.717) is 0 Å². The first kappa shape index (κ1) is 46.1. The van der Waals surface area contributed by atoms with Crippen LogP contribution in [0.15, 0.2) is 24.3 Å². The molecule has 2 aliphatic heterocycles. The van der Waals surface area contributed by atoms with Gasteiger partial charge in [-0.15, -0.1) is 0 Å². The molecule has 0 bridgehead atoms. The van der Waals surface area contributed by atoms with Crippen molar-refractivity contribution in [3.63, 3.8) is 0 Å². The zero-order valence-corrected chi connectivity index (χ0v) is 31.0. The molecule has 2 aliphatic rings. The molecule has 41 heavy (non-hydrogen) atoms. The molecule has 6 N–H and O–H groups in total. The molecule has 1 aromatic carbocycles. The summed E-state index contributed by atoms with van der Waals surface area (Å²) in [6.45, 7) is 19.6. The summed E-state index contributed by atoms with van der Waals surface area (Å²) in [5.41, 5.74) is 2.86.